The molecule has 0 saturated carbocycles. The van der Waals surface area contributed by atoms with Gasteiger partial charge in [-0.05, 0) is 24.9 Å². The van der Waals surface area contributed by atoms with E-state index < -0.39 is 0 Å². The zero-order chi connectivity index (χ0) is 11.1. The zero-order valence-electron chi connectivity index (χ0n) is 9.61. The minimum atomic E-state index is 0.282. The highest BCUT2D eigenvalue weighted by molar-refractivity contribution is 5.00. The lowest BCUT2D eigenvalue weighted by Crippen LogP contribution is -2.24. The molecule has 0 amide bonds. The first-order valence-electron chi connectivity index (χ1n) is 5.52. The molecule has 1 atom stereocenters. The number of nitrogens with one attached hydrogen (secondary N) is 1. The average molecular weight is 211 g/mol. The Kier molecular flexibility index (Phi) is 5.36. The van der Waals surface area contributed by atoms with E-state index in [4.69, 9.17) is 5.11 Å². The van der Waals surface area contributed by atoms with Crippen LogP contribution in [-0.2, 0) is 13.5 Å². The van der Waals surface area contributed by atoms with Gasteiger partial charge in [-0.2, -0.15) is 5.10 Å². The normalized spacial score (nSPS) is 13.0. The number of aromatic nitrogens is 2. The number of hydrogen-bond acceptors (Lipinski definition) is 3. The van der Waals surface area contributed by atoms with Gasteiger partial charge in [0, 0.05) is 38.5 Å². The monoisotopic (exact) mass is 211 g/mol. The Morgan fingerprint density at radius 2 is 2.40 bits per heavy atom. The first-order valence-corrected chi connectivity index (χ1v) is 5.52. The summed E-state index contributed by atoms with van der Waals surface area (Å²) in [5, 5.41) is 16.2. The van der Waals surface area contributed by atoms with E-state index in [0.717, 1.165) is 25.9 Å². The summed E-state index contributed by atoms with van der Waals surface area (Å²) in [7, 11) is 1.96. The average Bonchev–Trinajstić information content (AvgIpc) is 2.60. The van der Waals surface area contributed by atoms with Crippen molar-refractivity contribution in [1.82, 2.24) is 15.1 Å². The maximum Gasteiger partial charge on any atom is 0.0492 e. The van der Waals surface area contributed by atoms with Crippen molar-refractivity contribution in [3.8, 4) is 0 Å². The molecule has 0 aliphatic rings. The van der Waals surface area contributed by atoms with Crippen molar-refractivity contribution in [2.75, 3.05) is 19.7 Å². The van der Waals surface area contributed by atoms with E-state index >= 15 is 0 Å². The molecule has 0 saturated heterocycles. The lowest BCUT2D eigenvalue weighted by Gasteiger charge is -2.10. The second-order valence-electron chi connectivity index (χ2n) is 4.02. The van der Waals surface area contributed by atoms with E-state index in [1.165, 1.54) is 5.69 Å². The van der Waals surface area contributed by atoms with E-state index in [2.05, 4.69) is 17.3 Å². The largest absolute Gasteiger partial charge is 0.396 e. The number of aliphatic hydroxyl groups excluding tert-OH is 1. The van der Waals surface area contributed by atoms with Gasteiger partial charge >= 0.3 is 0 Å². The summed E-state index contributed by atoms with van der Waals surface area (Å²) in [4.78, 5) is 0. The molecular weight excluding hydrogens is 190 g/mol. The van der Waals surface area contributed by atoms with Crippen molar-refractivity contribution in [3.63, 3.8) is 0 Å². The van der Waals surface area contributed by atoms with Gasteiger partial charge in [-0.3, -0.25) is 4.68 Å². The molecule has 1 heterocycles. The van der Waals surface area contributed by atoms with Gasteiger partial charge in [-0.25, -0.2) is 0 Å². The fraction of sp³-hybridized carbons (Fsp3) is 0.727. The van der Waals surface area contributed by atoms with Gasteiger partial charge in [0.25, 0.3) is 0 Å². The molecule has 0 aliphatic carbocycles. The SMILES string of the molecule is CC(CCO)CNCCc1ccnn1C. The molecule has 4 heteroatoms. The van der Waals surface area contributed by atoms with Crippen LogP contribution in [0.2, 0.25) is 0 Å². The van der Waals surface area contributed by atoms with Crippen LogP contribution < -0.4 is 5.32 Å². The van der Waals surface area contributed by atoms with Gasteiger partial charge in [0.15, 0.2) is 0 Å². The summed E-state index contributed by atoms with van der Waals surface area (Å²) in [6.07, 6.45) is 3.70. The molecule has 0 aromatic carbocycles. The number of rotatable bonds is 7. The standard InChI is InChI=1S/C11H21N3O/c1-10(5-8-15)9-12-6-3-11-4-7-13-14(11)2/h4,7,10,12,15H,3,5-6,8-9H2,1-2H3. The third-order valence-electron chi connectivity index (χ3n) is 2.60. The number of aryl methyl sites for hydroxylation is 1. The summed E-state index contributed by atoms with van der Waals surface area (Å²) in [6, 6.07) is 2.04. The maximum absolute atomic E-state index is 8.74. The summed E-state index contributed by atoms with van der Waals surface area (Å²) in [5.41, 5.74) is 1.25. The fourth-order valence-electron chi connectivity index (χ4n) is 1.53. The molecule has 0 bridgehead atoms. The number of aliphatic hydroxyl groups is 1. The molecule has 86 valence electrons. The van der Waals surface area contributed by atoms with Gasteiger partial charge in [0.2, 0.25) is 0 Å². The van der Waals surface area contributed by atoms with Crippen LogP contribution in [-0.4, -0.2) is 34.6 Å². The van der Waals surface area contributed by atoms with E-state index in [1.807, 2.05) is 24.0 Å². The van der Waals surface area contributed by atoms with Crippen LogP contribution in [0, 0.1) is 5.92 Å². The van der Waals surface area contributed by atoms with Crippen molar-refractivity contribution < 1.29 is 5.11 Å². The summed E-state index contributed by atoms with van der Waals surface area (Å²) in [6.45, 7) is 4.37. The Hall–Kier alpha value is -0.870. The van der Waals surface area contributed by atoms with Crippen molar-refractivity contribution in [2.45, 2.75) is 19.8 Å². The predicted molar refractivity (Wildman–Crippen MR) is 60.6 cm³/mol. The van der Waals surface area contributed by atoms with E-state index in [9.17, 15) is 0 Å². The van der Waals surface area contributed by atoms with Crippen LogP contribution in [0.5, 0.6) is 0 Å². The topological polar surface area (TPSA) is 50.1 Å². The Bertz CT molecular complexity index is 273. The summed E-state index contributed by atoms with van der Waals surface area (Å²) in [5.74, 6) is 0.543. The third-order valence-corrected chi connectivity index (χ3v) is 2.60. The second-order valence-corrected chi connectivity index (χ2v) is 4.02. The fourth-order valence-corrected chi connectivity index (χ4v) is 1.53. The molecule has 1 unspecified atom stereocenters. The van der Waals surface area contributed by atoms with Crippen LogP contribution in [0.3, 0.4) is 0 Å². The molecule has 0 aliphatic heterocycles. The Morgan fingerprint density at radius 1 is 1.60 bits per heavy atom. The molecule has 4 nitrogen and oxygen atoms in total. The lowest BCUT2D eigenvalue weighted by atomic mass is 10.1. The predicted octanol–water partition coefficient (Wildman–Crippen LogP) is 0.571. The van der Waals surface area contributed by atoms with Crippen LogP contribution in [0.15, 0.2) is 12.3 Å². The summed E-state index contributed by atoms with van der Waals surface area (Å²) < 4.78 is 1.90. The minimum Gasteiger partial charge on any atom is -0.396 e. The van der Waals surface area contributed by atoms with Crippen molar-refractivity contribution in [3.05, 3.63) is 18.0 Å². The highest BCUT2D eigenvalue weighted by atomic mass is 16.3. The van der Waals surface area contributed by atoms with Gasteiger partial charge in [0.1, 0.15) is 0 Å². The Balaban J connectivity index is 2.09. The van der Waals surface area contributed by atoms with Crippen molar-refractivity contribution in [1.29, 1.82) is 0 Å². The molecule has 15 heavy (non-hydrogen) atoms. The molecule has 0 fully saturated rings. The first kappa shape index (κ1) is 12.2. The third kappa shape index (κ3) is 4.44. The van der Waals surface area contributed by atoms with Gasteiger partial charge in [0.05, 0.1) is 0 Å². The maximum atomic E-state index is 8.74. The number of hydrogen-bond donors (Lipinski definition) is 2. The molecular formula is C11H21N3O. The van der Waals surface area contributed by atoms with Crippen LogP contribution in [0.25, 0.3) is 0 Å². The summed E-state index contributed by atoms with van der Waals surface area (Å²) >= 11 is 0. The Labute approximate surface area is 91.3 Å². The van der Waals surface area contributed by atoms with E-state index in [1.54, 1.807) is 0 Å². The lowest BCUT2D eigenvalue weighted by molar-refractivity contribution is 0.260. The molecule has 1 aromatic rings. The zero-order valence-corrected chi connectivity index (χ0v) is 9.61. The number of nitrogens with zero attached hydrogens (tertiary/aromatic N) is 2. The van der Waals surface area contributed by atoms with Crippen LogP contribution >= 0.6 is 0 Å². The highest BCUT2D eigenvalue weighted by Crippen LogP contribution is 1.99. The van der Waals surface area contributed by atoms with Crippen LogP contribution in [0.4, 0.5) is 0 Å². The van der Waals surface area contributed by atoms with E-state index in [0.29, 0.717) is 5.92 Å². The molecule has 1 aromatic heterocycles. The van der Waals surface area contributed by atoms with Gasteiger partial charge in [-0.1, -0.05) is 6.92 Å². The first-order chi connectivity index (χ1) is 7.24. The molecule has 0 spiro atoms. The van der Waals surface area contributed by atoms with E-state index in [-0.39, 0.29) is 6.61 Å². The van der Waals surface area contributed by atoms with Gasteiger partial charge in [-0.15, -0.1) is 0 Å². The highest BCUT2D eigenvalue weighted by Gasteiger charge is 2.01. The molecule has 2 N–H and O–H groups in total. The second kappa shape index (κ2) is 6.58. The minimum absolute atomic E-state index is 0.282. The quantitative estimate of drug-likeness (QED) is 0.648. The van der Waals surface area contributed by atoms with Gasteiger partial charge < -0.3 is 10.4 Å². The Morgan fingerprint density at radius 3 is 3.00 bits per heavy atom. The smallest absolute Gasteiger partial charge is 0.0492 e. The van der Waals surface area contributed by atoms with Crippen molar-refractivity contribution in [2.24, 2.45) is 13.0 Å². The molecule has 0 radical (unpaired) electrons. The molecule has 1 rings (SSSR count). The van der Waals surface area contributed by atoms with Crippen LogP contribution in [0.1, 0.15) is 19.0 Å². The van der Waals surface area contributed by atoms with Crippen molar-refractivity contribution >= 4 is 0 Å².